The lowest BCUT2D eigenvalue weighted by Gasteiger charge is -2.05. The molecule has 98 valence electrons. The topological polar surface area (TPSA) is 54.0 Å². The number of rotatable bonds is 7. The van der Waals surface area contributed by atoms with Gasteiger partial charge in [0.25, 0.3) is 0 Å². The van der Waals surface area contributed by atoms with Crippen LogP contribution in [-0.4, -0.2) is 43.4 Å². The van der Waals surface area contributed by atoms with Crippen molar-refractivity contribution in [3.05, 3.63) is 0 Å². The molecule has 0 atom stereocenters. The highest BCUT2D eigenvalue weighted by atomic mass is 28.3. The lowest BCUT2D eigenvalue weighted by atomic mass is 10.3. The molecule has 0 radical (unpaired) electrons. The molecule has 0 N–H and O–H groups in total. The van der Waals surface area contributed by atoms with E-state index in [1.165, 1.54) is 0 Å². The van der Waals surface area contributed by atoms with Crippen molar-refractivity contribution in [2.45, 2.75) is 33.1 Å². The van der Waals surface area contributed by atoms with Crippen LogP contribution in [0.3, 0.4) is 0 Å². The molecular weight excluding hydrogens is 228 g/mol. The predicted molar refractivity (Wildman–Crippen MR) is 64.3 cm³/mol. The standard InChI is InChI=1S/C7H14O2.C3H10O3Si/c1-3-5-7(8)9-6-4-2;1-4-7(5-2)6-3/h3-6H2,1-2H3;7H,1-3H3. The lowest BCUT2D eigenvalue weighted by Crippen LogP contribution is -2.21. The summed E-state index contributed by atoms with van der Waals surface area (Å²) in [5.74, 6) is -0.0700. The normalized spacial score (nSPS) is 9.62. The van der Waals surface area contributed by atoms with Crippen LogP contribution in [0.25, 0.3) is 0 Å². The second kappa shape index (κ2) is 14.6. The molecule has 0 rings (SSSR count). The van der Waals surface area contributed by atoms with Gasteiger partial charge in [-0.05, 0) is 12.8 Å². The Bertz CT molecular complexity index is 145. The first kappa shape index (κ1) is 17.9. The van der Waals surface area contributed by atoms with Gasteiger partial charge in [0.15, 0.2) is 0 Å². The van der Waals surface area contributed by atoms with Gasteiger partial charge in [0.2, 0.25) is 0 Å². The number of carbonyl (C=O) groups is 1. The Balaban J connectivity index is 0. The van der Waals surface area contributed by atoms with E-state index in [1.807, 2.05) is 13.8 Å². The molecule has 0 aromatic rings. The van der Waals surface area contributed by atoms with Gasteiger partial charge >= 0.3 is 15.5 Å². The maximum atomic E-state index is 10.6. The van der Waals surface area contributed by atoms with Crippen LogP contribution in [-0.2, 0) is 22.8 Å². The van der Waals surface area contributed by atoms with Crippen LogP contribution < -0.4 is 0 Å². The quantitative estimate of drug-likeness (QED) is 0.506. The fraction of sp³-hybridized carbons (Fsp3) is 0.900. The monoisotopic (exact) mass is 252 g/mol. The van der Waals surface area contributed by atoms with Crippen LogP contribution in [0, 0.1) is 0 Å². The van der Waals surface area contributed by atoms with Gasteiger partial charge in [-0.2, -0.15) is 0 Å². The van der Waals surface area contributed by atoms with Gasteiger partial charge in [0.1, 0.15) is 0 Å². The second-order valence-corrected chi connectivity index (χ2v) is 4.96. The van der Waals surface area contributed by atoms with Crippen LogP contribution in [0.15, 0.2) is 0 Å². The molecule has 0 spiro atoms. The first-order valence-electron chi connectivity index (χ1n) is 5.40. The fourth-order valence-electron chi connectivity index (χ4n) is 0.781. The zero-order valence-corrected chi connectivity index (χ0v) is 12.1. The fourth-order valence-corrected chi connectivity index (χ4v) is 1.36. The number of hydrogen-bond donors (Lipinski definition) is 0. The minimum absolute atomic E-state index is 0.0700. The Hall–Kier alpha value is -0.433. The molecule has 0 unspecified atom stereocenters. The Kier molecular flexibility index (Phi) is 16.3. The third kappa shape index (κ3) is 13.6. The van der Waals surface area contributed by atoms with Gasteiger partial charge in [-0.1, -0.05) is 13.8 Å². The summed E-state index contributed by atoms with van der Waals surface area (Å²) in [4.78, 5) is 10.6. The predicted octanol–water partition coefficient (Wildman–Crippen LogP) is 1.38. The molecule has 0 heterocycles. The van der Waals surface area contributed by atoms with Crippen LogP contribution in [0.5, 0.6) is 0 Å². The van der Waals surface area contributed by atoms with Crippen molar-refractivity contribution in [3.8, 4) is 0 Å². The van der Waals surface area contributed by atoms with Crippen LogP contribution in [0.1, 0.15) is 33.1 Å². The van der Waals surface area contributed by atoms with Crippen LogP contribution in [0.4, 0.5) is 0 Å². The van der Waals surface area contributed by atoms with E-state index in [2.05, 4.69) is 0 Å². The van der Waals surface area contributed by atoms with Gasteiger partial charge in [-0.15, -0.1) is 0 Å². The van der Waals surface area contributed by atoms with E-state index in [9.17, 15) is 4.79 Å². The summed E-state index contributed by atoms with van der Waals surface area (Å²) in [6.07, 6.45) is 2.35. The highest BCUT2D eigenvalue weighted by Gasteiger charge is 2.04. The molecule has 16 heavy (non-hydrogen) atoms. The zero-order valence-electron chi connectivity index (χ0n) is 10.9. The Morgan fingerprint density at radius 1 is 1.00 bits per heavy atom. The summed E-state index contributed by atoms with van der Waals surface area (Å²) in [7, 11) is 3.05. The molecule has 0 saturated carbocycles. The summed E-state index contributed by atoms with van der Waals surface area (Å²) in [6, 6.07) is 0. The van der Waals surface area contributed by atoms with E-state index in [0.29, 0.717) is 13.0 Å². The summed E-state index contributed by atoms with van der Waals surface area (Å²) >= 11 is 0. The third-order valence-electron chi connectivity index (χ3n) is 1.50. The van der Waals surface area contributed by atoms with Gasteiger partial charge in [-0.3, -0.25) is 4.79 Å². The maximum Gasteiger partial charge on any atom is 0.483 e. The third-order valence-corrected chi connectivity index (χ3v) is 2.65. The molecule has 0 saturated heterocycles. The van der Waals surface area contributed by atoms with Crippen molar-refractivity contribution in [1.82, 2.24) is 0 Å². The van der Waals surface area contributed by atoms with Crippen molar-refractivity contribution in [2.24, 2.45) is 0 Å². The van der Waals surface area contributed by atoms with Crippen LogP contribution >= 0.6 is 0 Å². The molecular formula is C10H24O5Si. The number of esters is 1. The van der Waals surface area contributed by atoms with Crippen molar-refractivity contribution in [1.29, 1.82) is 0 Å². The largest absolute Gasteiger partial charge is 0.483 e. The van der Waals surface area contributed by atoms with E-state index in [4.69, 9.17) is 18.0 Å². The summed E-state index contributed by atoms with van der Waals surface area (Å²) in [6.45, 7) is 4.52. The Morgan fingerprint density at radius 3 is 1.75 bits per heavy atom. The zero-order chi connectivity index (χ0) is 12.8. The van der Waals surface area contributed by atoms with Crippen molar-refractivity contribution in [3.63, 3.8) is 0 Å². The minimum Gasteiger partial charge on any atom is -0.466 e. The Labute approximate surface area is 100.0 Å². The molecule has 0 aliphatic rings. The molecule has 5 nitrogen and oxygen atoms in total. The number of carbonyl (C=O) groups excluding carboxylic acids is 1. The van der Waals surface area contributed by atoms with Gasteiger partial charge in [0.05, 0.1) is 6.61 Å². The molecule has 0 amide bonds. The van der Waals surface area contributed by atoms with Crippen molar-refractivity contribution < 1.29 is 22.8 Å². The van der Waals surface area contributed by atoms with E-state index >= 15 is 0 Å². The molecule has 0 fully saturated rings. The average molecular weight is 252 g/mol. The highest BCUT2D eigenvalue weighted by molar-refractivity contribution is 6.36. The summed E-state index contributed by atoms with van der Waals surface area (Å²) in [5, 5.41) is 0. The lowest BCUT2D eigenvalue weighted by molar-refractivity contribution is -0.143. The van der Waals surface area contributed by atoms with Gasteiger partial charge in [-0.25, -0.2) is 0 Å². The molecule has 0 aliphatic carbocycles. The maximum absolute atomic E-state index is 10.6. The van der Waals surface area contributed by atoms with E-state index in [1.54, 1.807) is 21.3 Å². The Morgan fingerprint density at radius 2 is 1.50 bits per heavy atom. The van der Waals surface area contributed by atoms with Crippen molar-refractivity contribution in [2.75, 3.05) is 27.9 Å². The average Bonchev–Trinajstić information content (AvgIpc) is 2.30. The number of hydrogen-bond acceptors (Lipinski definition) is 5. The molecule has 6 heteroatoms. The first-order valence-corrected chi connectivity index (χ1v) is 6.81. The summed E-state index contributed by atoms with van der Waals surface area (Å²) in [5.41, 5.74) is 0. The van der Waals surface area contributed by atoms with E-state index in [0.717, 1.165) is 12.8 Å². The van der Waals surface area contributed by atoms with E-state index in [-0.39, 0.29) is 5.97 Å². The van der Waals surface area contributed by atoms with Crippen molar-refractivity contribution >= 4 is 15.5 Å². The van der Waals surface area contributed by atoms with E-state index < -0.39 is 9.53 Å². The smallest absolute Gasteiger partial charge is 0.466 e. The first-order chi connectivity index (χ1) is 7.65. The minimum atomic E-state index is -1.67. The SMILES string of the molecule is CCCOC(=O)CCC.CO[SiH](OC)OC. The molecule has 0 aliphatic heterocycles. The molecule has 0 aromatic carbocycles. The van der Waals surface area contributed by atoms with Gasteiger partial charge in [0, 0.05) is 27.8 Å². The summed E-state index contributed by atoms with van der Waals surface area (Å²) < 4.78 is 19.0. The second-order valence-electron chi connectivity index (χ2n) is 2.97. The van der Waals surface area contributed by atoms with Gasteiger partial charge < -0.3 is 18.0 Å². The molecule has 0 bridgehead atoms. The number of ether oxygens (including phenoxy) is 1. The highest BCUT2D eigenvalue weighted by Crippen LogP contribution is 1.91. The van der Waals surface area contributed by atoms with Crippen LogP contribution in [0.2, 0.25) is 0 Å². The molecule has 0 aromatic heterocycles.